The number of aromatic nitrogens is 2. The smallest absolute Gasteiger partial charge is 0.320 e. The van der Waals surface area contributed by atoms with Gasteiger partial charge in [0.25, 0.3) is 0 Å². The minimum atomic E-state index is -0.797. The lowest BCUT2D eigenvalue weighted by Gasteiger charge is -2.15. The standard InChI is InChI=1S/C18H26N4O3/c1-12(2)22-17(9-10-20-22)21-18(24)19-11-16(23)14-5-7-15(8-6-14)25-13(3)4/h5-10,12-13,16,23H,11H2,1-4H3,(H2,19,21,24). The minimum Gasteiger partial charge on any atom is -0.491 e. The molecule has 0 aliphatic carbocycles. The number of nitrogens with one attached hydrogen (secondary N) is 2. The van der Waals surface area contributed by atoms with Gasteiger partial charge >= 0.3 is 6.03 Å². The molecule has 1 unspecified atom stereocenters. The predicted octanol–water partition coefficient (Wildman–Crippen LogP) is 3.11. The molecule has 0 aliphatic heterocycles. The Morgan fingerprint density at radius 1 is 1.20 bits per heavy atom. The average molecular weight is 346 g/mol. The number of carbonyl (C=O) groups excluding carboxylic acids is 1. The maximum absolute atomic E-state index is 12.0. The molecular formula is C18H26N4O3. The summed E-state index contributed by atoms with van der Waals surface area (Å²) in [6.07, 6.45) is 0.930. The number of anilines is 1. The van der Waals surface area contributed by atoms with Crippen molar-refractivity contribution < 1.29 is 14.6 Å². The maximum atomic E-state index is 12.0. The number of hydrogen-bond acceptors (Lipinski definition) is 4. The Bertz CT molecular complexity index is 680. The Hall–Kier alpha value is -2.54. The van der Waals surface area contributed by atoms with Crippen molar-refractivity contribution in [1.82, 2.24) is 15.1 Å². The third kappa shape index (κ3) is 5.49. The first-order chi connectivity index (χ1) is 11.9. The molecule has 1 heterocycles. The molecule has 0 saturated carbocycles. The van der Waals surface area contributed by atoms with Gasteiger partial charge in [-0.05, 0) is 45.4 Å². The summed E-state index contributed by atoms with van der Waals surface area (Å²) in [5.74, 6) is 1.36. The molecule has 7 heteroatoms. The lowest BCUT2D eigenvalue weighted by atomic mass is 10.1. The maximum Gasteiger partial charge on any atom is 0.320 e. The van der Waals surface area contributed by atoms with E-state index in [-0.39, 0.29) is 24.7 Å². The summed E-state index contributed by atoms with van der Waals surface area (Å²) >= 11 is 0. The number of benzene rings is 1. The average Bonchev–Trinajstić information content (AvgIpc) is 3.01. The first kappa shape index (κ1) is 18.8. The van der Waals surface area contributed by atoms with Crippen molar-refractivity contribution >= 4 is 11.8 Å². The van der Waals surface area contributed by atoms with Gasteiger partial charge in [-0.25, -0.2) is 9.48 Å². The number of hydrogen-bond donors (Lipinski definition) is 3. The topological polar surface area (TPSA) is 88.4 Å². The van der Waals surface area contributed by atoms with Crippen LogP contribution in [0.2, 0.25) is 0 Å². The predicted molar refractivity (Wildman–Crippen MR) is 96.8 cm³/mol. The van der Waals surface area contributed by atoms with Crippen LogP contribution in [0.1, 0.15) is 45.4 Å². The van der Waals surface area contributed by atoms with Gasteiger partial charge < -0.3 is 15.2 Å². The van der Waals surface area contributed by atoms with E-state index in [1.807, 2.05) is 27.7 Å². The lowest BCUT2D eigenvalue weighted by Crippen LogP contribution is -2.33. The van der Waals surface area contributed by atoms with Crippen LogP contribution in [0.15, 0.2) is 36.5 Å². The van der Waals surface area contributed by atoms with Gasteiger partial charge in [0.1, 0.15) is 11.6 Å². The van der Waals surface area contributed by atoms with Gasteiger partial charge in [-0.15, -0.1) is 0 Å². The summed E-state index contributed by atoms with van der Waals surface area (Å²) in [6, 6.07) is 8.66. The SMILES string of the molecule is CC(C)Oc1ccc(C(O)CNC(=O)Nc2ccnn2C(C)C)cc1. The Morgan fingerprint density at radius 3 is 2.48 bits per heavy atom. The molecule has 1 atom stereocenters. The number of carbonyl (C=O) groups is 1. The number of amides is 2. The molecule has 0 aliphatic rings. The Kier molecular flexibility index (Phi) is 6.41. The van der Waals surface area contributed by atoms with E-state index in [0.29, 0.717) is 11.4 Å². The second-order valence-corrected chi connectivity index (χ2v) is 6.34. The molecule has 0 fully saturated rings. The van der Waals surface area contributed by atoms with Gasteiger partial charge in [-0.3, -0.25) is 5.32 Å². The van der Waals surface area contributed by atoms with E-state index in [1.54, 1.807) is 41.2 Å². The highest BCUT2D eigenvalue weighted by molar-refractivity contribution is 5.88. The van der Waals surface area contributed by atoms with Gasteiger partial charge in [-0.1, -0.05) is 12.1 Å². The number of aliphatic hydroxyl groups is 1. The van der Waals surface area contributed by atoms with Crippen LogP contribution in [-0.4, -0.2) is 33.6 Å². The second kappa shape index (κ2) is 8.53. The largest absolute Gasteiger partial charge is 0.491 e. The molecule has 0 radical (unpaired) electrons. The van der Waals surface area contributed by atoms with Crippen molar-refractivity contribution in [2.45, 2.75) is 45.9 Å². The summed E-state index contributed by atoms with van der Waals surface area (Å²) in [5.41, 5.74) is 0.712. The zero-order chi connectivity index (χ0) is 18.4. The summed E-state index contributed by atoms with van der Waals surface area (Å²) < 4.78 is 7.28. The molecular weight excluding hydrogens is 320 g/mol. The molecule has 7 nitrogen and oxygen atoms in total. The molecule has 2 amide bonds. The molecule has 136 valence electrons. The lowest BCUT2D eigenvalue weighted by molar-refractivity contribution is 0.175. The molecule has 0 bridgehead atoms. The zero-order valence-corrected chi connectivity index (χ0v) is 15.1. The van der Waals surface area contributed by atoms with Crippen LogP contribution >= 0.6 is 0 Å². The van der Waals surface area contributed by atoms with E-state index < -0.39 is 6.10 Å². The summed E-state index contributed by atoms with van der Waals surface area (Å²) in [4.78, 5) is 12.0. The van der Waals surface area contributed by atoms with Crippen LogP contribution in [0, 0.1) is 0 Å². The molecule has 2 aromatic rings. The molecule has 1 aromatic carbocycles. The van der Waals surface area contributed by atoms with E-state index in [2.05, 4.69) is 15.7 Å². The van der Waals surface area contributed by atoms with Crippen LogP contribution in [-0.2, 0) is 0 Å². The Morgan fingerprint density at radius 2 is 1.88 bits per heavy atom. The van der Waals surface area contributed by atoms with Crippen molar-refractivity contribution in [3.63, 3.8) is 0 Å². The fourth-order valence-corrected chi connectivity index (χ4v) is 2.33. The Labute approximate surface area is 148 Å². The Balaban J connectivity index is 1.85. The first-order valence-corrected chi connectivity index (χ1v) is 8.40. The summed E-state index contributed by atoms with van der Waals surface area (Å²) in [6.45, 7) is 7.97. The number of urea groups is 1. The molecule has 0 saturated heterocycles. The fourth-order valence-electron chi connectivity index (χ4n) is 2.33. The molecule has 1 aromatic heterocycles. The third-order valence-electron chi connectivity index (χ3n) is 3.49. The number of nitrogens with zero attached hydrogens (tertiary/aromatic N) is 2. The number of rotatable bonds is 7. The summed E-state index contributed by atoms with van der Waals surface area (Å²) in [7, 11) is 0. The van der Waals surface area contributed by atoms with Crippen LogP contribution in [0.5, 0.6) is 5.75 Å². The first-order valence-electron chi connectivity index (χ1n) is 8.40. The molecule has 3 N–H and O–H groups in total. The van der Waals surface area contributed by atoms with Crippen molar-refractivity contribution in [1.29, 1.82) is 0 Å². The van der Waals surface area contributed by atoms with Gasteiger partial charge in [0.2, 0.25) is 0 Å². The highest BCUT2D eigenvalue weighted by Crippen LogP contribution is 2.18. The van der Waals surface area contributed by atoms with Gasteiger partial charge in [0.05, 0.1) is 18.4 Å². The van der Waals surface area contributed by atoms with Gasteiger partial charge in [-0.2, -0.15) is 5.10 Å². The van der Waals surface area contributed by atoms with E-state index in [1.165, 1.54) is 0 Å². The van der Waals surface area contributed by atoms with Crippen molar-refractivity contribution in [3.05, 3.63) is 42.1 Å². The monoisotopic (exact) mass is 346 g/mol. The van der Waals surface area contributed by atoms with Gasteiger partial charge in [0.15, 0.2) is 0 Å². The highest BCUT2D eigenvalue weighted by Gasteiger charge is 2.12. The van der Waals surface area contributed by atoms with Gasteiger partial charge in [0, 0.05) is 18.7 Å². The quantitative estimate of drug-likeness (QED) is 0.719. The zero-order valence-electron chi connectivity index (χ0n) is 15.1. The summed E-state index contributed by atoms with van der Waals surface area (Å²) in [5, 5.41) is 19.8. The van der Waals surface area contributed by atoms with Crippen LogP contribution in [0.3, 0.4) is 0 Å². The van der Waals surface area contributed by atoms with E-state index in [9.17, 15) is 9.90 Å². The van der Waals surface area contributed by atoms with E-state index in [0.717, 1.165) is 5.75 Å². The van der Waals surface area contributed by atoms with E-state index in [4.69, 9.17) is 4.74 Å². The molecule has 25 heavy (non-hydrogen) atoms. The third-order valence-corrected chi connectivity index (χ3v) is 3.49. The number of aliphatic hydroxyl groups excluding tert-OH is 1. The van der Waals surface area contributed by atoms with Crippen molar-refractivity contribution in [2.75, 3.05) is 11.9 Å². The highest BCUT2D eigenvalue weighted by atomic mass is 16.5. The normalized spacial score (nSPS) is 12.3. The fraction of sp³-hybridized carbons (Fsp3) is 0.444. The van der Waals surface area contributed by atoms with Crippen molar-refractivity contribution in [2.24, 2.45) is 0 Å². The molecule has 0 spiro atoms. The van der Waals surface area contributed by atoms with Crippen LogP contribution in [0.25, 0.3) is 0 Å². The van der Waals surface area contributed by atoms with Crippen LogP contribution < -0.4 is 15.4 Å². The number of ether oxygens (including phenoxy) is 1. The van der Waals surface area contributed by atoms with Crippen molar-refractivity contribution in [3.8, 4) is 5.75 Å². The van der Waals surface area contributed by atoms with E-state index >= 15 is 0 Å². The molecule has 2 rings (SSSR count). The van der Waals surface area contributed by atoms with Crippen LogP contribution in [0.4, 0.5) is 10.6 Å². The second-order valence-electron chi connectivity index (χ2n) is 6.34. The minimum absolute atomic E-state index is 0.0976.